The van der Waals surface area contributed by atoms with E-state index in [1.807, 2.05) is 0 Å². The highest BCUT2D eigenvalue weighted by molar-refractivity contribution is 7.88. The summed E-state index contributed by atoms with van der Waals surface area (Å²) in [5.41, 5.74) is 1.08. The van der Waals surface area contributed by atoms with Crippen molar-refractivity contribution in [1.82, 2.24) is 5.32 Å². The van der Waals surface area contributed by atoms with Gasteiger partial charge in [0.2, 0.25) is 21.8 Å². The maximum Gasteiger partial charge on any atom is 0.246 e. The van der Waals surface area contributed by atoms with Gasteiger partial charge in [0.15, 0.2) is 0 Å². The van der Waals surface area contributed by atoms with E-state index < -0.39 is 16.1 Å². The van der Waals surface area contributed by atoms with Crippen molar-refractivity contribution < 1.29 is 18.0 Å². The van der Waals surface area contributed by atoms with Crippen molar-refractivity contribution in [2.75, 3.05) is 5.32 Å². The summed E-state index contributed by atoms with van der Waals surface area (Å²) in [6.07, 6.45) is 0.833. The Bertz CT molecular complexity index is 625. The minimum absolute atomic E-state index is 0.131. The van der Waals surface area contributed by atoms with Gasteiger partial charge in [0.05, 0.1) is 5.75 Å². The summed E-state index contributed by atoms with van der Waals surface area (Å²) < 4.78 is 21.9. The summed E-state index contributed by atoms with van der Waals surface area (Å²) in [6, 6.07) is 5.83. The van der Waals surface area contributed by atoms with Crippen LogP contribution >= 0.6 is 0 Å². The van der Waals surface area contributed by atoms with Gasteiger partial charge in [0.25, 0.3) is 0 Å². The van der Waals surface area contributed by atoms with Crippen molar-refractivity contribution in [3.8, 4) is 0 Å². The summed E-state index contributed by atoms with van der Waals surface area (Å²) in [6.45, 7) is 0. The van der Waals surface area contributed by atoms with Crippen LogP contribution in [0, 0.1) is 0 Å². The average Bonchev–Trinajstić information content (AvgIpc) is 2.77. The third-order valence-corrected chi connectivity index (χ3v) is 3.64. The second kappa shape index (κ2) is 5.59. The van der Waals surface area contributed by atoms with Crippen LogP contribution in [0.5, 0.6) is 0 Å². The van der Waals surface area contributed by atoms with Gasteiger partial charge in [-0.05, 0) is 24.1 Å². The van der Waals surface area contributed by atoms with Crippen molar-refractivity contribution in [3.05, 3.63) is 29.8 Å². The standard InChI is InChI=1S/C12H15N3O4S/c13-20(18,19)7-8-1-3-9(4-2-8)14-12(17)10-5-6-11(16)15-10/h1-4,10H,5-7H2,(H,14,17)(H,15,16)(H2,13,18,19). The summed E-state index contributed by atoms with van der Waals surface area (Å²) in [4.78, 5) is 22.9. The molecule has 1 fully saturated rings. The number of hydrogen-bond donors (Lipinski definition) is 3. The van der Waals surface area contributed by atoms with Gasteiger partial charge in [-0.2, -0.15) is 0 Å². The Kier molecular flexibility index (Phi) is 4.05. The van der Waals surface area contributed by atoms with Gasteiger partial charge in [-0.15, -0.1) is 0 Å². The summed E-state index contributed by atoms with van der Waals surface area (Å²) in [5, 5.41) is 10.2. The zero-order valence-electron chi connectivity index (χ0n) is 10.6. The van der Waals surface area contributed by atoms with Crippen LogP contribution < -0.4 is 15.8 Å². The fraction of sp³-hybridized carbons (Fsp3) is 0.333. The highest BCUT2D eigenvalue weighted by atomic mass is 32.2. The van der Waals surface area contributed by atoms with E-state index in [-0.39, 0.29) is 17.6 Å². The van der Waals surface area contributed by atoms with E-state index in [2.05, 4.69) is 10.6 Å². The molecule has 0 saturated carbocycles. The van der Waals surface area contributed by atoms with Crippen LogP contribution in [0.15, 0.2) is 24.3 Å². The Hall–Kier alpha value is -1.93. The predicted octanol–water partition coefficient (Wildman–Crippen LogP) is -0.308. The van der Waals surface area contributed by atoms with Crippen molar-refractivity contribution in [1.29, 1.82) is 0 Å². The molecule has 7 nitrogen and oxygen atoms in total. The van der Waals surface area contributed by atoms with Crippen LogP contribution in [0.25, 0.3) is 0 Å². The van der Waals surface area contributed by atoms with Crippen LogP contribution in [0.2, 0.25) is 0 Å². The zero-order valence-corrected chi connectivity index (χ0v) is 11.4. The number of hydrogen-bond acceptors (Lipinski definition) is 4. The van der Waals surface area contributed by atoms with E-state index in [1.54, 1.807) is 24.3 Å². The molecule has 2 amide bonds. The Balaban J connectivity index is 1.97. The number of nitrogens with two attached hydrogens (primary N) is 1. The molecule has 4 N–H and O–H groups in total. The van der Waals surface area contributed by atoms with Crippen molar-refractivity contribution >= 4 is 27.5 Å². The molecule has 0 radical (unpaired) electrons. The number of nitrogens with one attached hydrogen (secondary N) is 2. The Morgan fingerprint density at radius 2 is 2.00 bits per heavy atom. The molecule has 1 aromatic rings. The fourth-order valence-corrected chi connectivity index (χ4v) is 2.61. The molecule has 1 aliphatic rings. The molecule has 0 aromatic heterocycles. The van der Waals surface area contributed by atoms with Gasteiger partial charge < -0.3 is 10.6 Å². The molecule has 8 heteroatoms. The SMILES string of the molecule is NS(=O)(=O)Cc1ccc(NC(=O)C2CCC(=O)N2)cc1. The summed E-state index contributed by atoms with van der Waals surface area (Å²) >= 11 is 0. The number of amides is 2. The topological polar surface area (TPSA) is 118 Å². The molecule has 1 heterocycles. The maximum atomic E-state index is 11.8. The maximum absolute atomic E-state index is 11.8. The number of sulfonamides is 1. The highest BCUT2D eigenvalue weighted by Gasteiger charge is 2.27. The van der Waals surface area contributed by atoms with E-state index in [4.69, 9.17) is 5.14 Å². The van der Waals surface area contributed by atoms with E-state index >= 15 is 0 Å². The van der Waals surface area contributed by atoms with Crippen LogP contribution in [0.4, 0.5) is 5.69 Å². The summed E-state index contributed by atoms with van der Waals surface area (Å²) in [5.74, 6) is -0.663. The lowest BCUT2D eigenvalue weighted by molar-refractivity contribution is -0.122. The molecular weight excluding hydrogens is 282 g/mol. The number of primary sulfonamides is 1. The smallest absolute Gasteiger partial charge is 0.246 e. The lowest BCUT2D eigenvalue weighted by atomic mass is 10.2. The number of carbonyl (C=O) groups excluding carboxylic acids is 2. The molecule has 1 atom stereocenters. The van der Waals surface area contributed by atoms with E-state index in [0.29, 0.717) is 24.1 Å². The zero-order chi connectivity index (χ0) is 14.8. The Morgan fingerprint density at radius 3 is 2.50 bits per heavy atom. The third-order valence-electron chi connectivity index (χ3n) is 2.90. The molecule has 0 bridgehead atoms. The molecule has 1 unspecified atom stereocenters. The average molecular weight is 297 g/mol. The van der Waals surface area contributed by atoms with Gasteiger partial charge in [-0.3, -0.25) is 9.59 Å². The van der Waals surface area contributed by atoms with E-state index in [1.165, 1.54) is 0 Å². The first kappa shape index (κ1) is 14.5. The lowest BCUT2D eigenvalue weighted by Crippen LogP contribution is -2.37. The molecule has 1 aromatic carbocycles. The van der Waals surface area contributed by atoms with E-state index in [0.717, 1.165) is 0 Å². The molecular formula is C12H15N3O4S. The van der Waals surface area contributed by atoms with Gasteiger partial charge in [0, 0.05) is 12.1 Å². The second-order valence-corrected chi connectivity index (χ2v) is 6.27. The van der Waals surface area contributed by atoms with Gasteiger partial charge in [0.1, 0.15) is 6.04 Å². The minimum Gasteiger partial charge on any atom is -0.344 e. The van der Waals surface area contributed by atoms with Gasteiger partial charge in [-0.25, -0.2) is 13.6 Å². The predicted molar refractivity (Wildman–Crippen MR) is 73.0 cm³/mol. The number of carbonyl (C=O) groups is 2. The Labute approximate surface area is 116 Å². The van der Waals surface area contributed by atoms with Crippen molar-refractivity contribution in [2.45, 2.75) is 24.6 Å². The highest BCUT2D eigenvalue weighted by Crippen LogP contribution is 2.13. The molecule has 108 valence electrons. The number of rotatable bonds is 4. The van der Waals surface area contributed by atoms with Gasteiger partial charge >= 0.3 is 0 Å². The van der Waals surface area contributed by atoms with Crippen molar-refractivity contribution in [2.24, 2.45) is 5.14 Å². The lowest BCUT2D eigenvalue weighted by Gasteiger charge is -2.11. The first-order chi connectivity index (χ1) is 9.33. The first-order valence-electron chi connectivity index (χ1n) is 6.03. The molecule has 0 aliphatic carbocycles. The second-order valence-electron chi connectivity index (χ2n) is 4.65. The molecule has 1 saturated heterocycles. The van der Waals surface area contributed by atoms with Crippen LogP contribution in [-0.4, -0.2) is 26.3 Å². The number of benzene rings is 1. The monoisotopic (exact) mass is 297 g/mol. The molecule has 1 aliphatic heterocycles. The van der Waals surface area contributed by atoms with Crippen molar-refractivity contribution in [3.63, 3.8) is 0 Å². The molecule has 2 rings (SSSR count). The van der Waals surface area contributed by atoms with Gasteiger partial charge in [-0.1, -0.05) is 12.1 Å². The molecule has 20 heavy (non-hydrogen) atoms. The third kappa shape index (κ3) is 4.04. The first-order valence-corrected chi connectivity index (χ1v) is 7.75. The van der Waals surface area contributed by atoms with Crippen LogP contribution in [0.1, 0.15) is 18.4 Å². The van der Waals surface area contributed by atoms with Crippen LogP contribution in [-0.2, 0) is 25.4 Å². The normalized spacial score (nSPS) is 18.6. The largest absolute Gasteiger partial charge is 0.344 e. The fourth-order valence-electron chi connectivity index (χ4n) is 1.96. The molecule has 0 spiro atoms. The summed E-state index contributed by atoms with van der Waals surface area (Å²) in [7, 11) is -3.57. The van der Waals surface area contributed by atoms with Crippen LogP contribution in [0.3, 0.4) is 0 Å². The quantitative estimate of drug-likeness (QED) is 0.706. The minimum atomic E-state index is -3.57. The van der Waals surface area contributed by atoms with E-state index in [9.17, 15) is 18.0 Å². The Morgan fingerprint density at radius 1 is 1.35 bits per heavy atom. The number of anilines is 1.